The van der Waals surface area contributed by atoms with Crippen molar-refractivity contribution in [1.82, 2.24) is 10.3 Å². The van der Waals surface area contributed by atoms with Gasteiger partial charge < -0.3 is 10.4 Å². The van der Waals surface area contributed by atoms with E-state index in [1.165, 1.54) is 0 Å². The molecule has 0 bridgehead atoms. The van der Waals surface area contributed by atoms with E-state index in [2.05, 4.69) is 17.2 Å². The Labute approximate surface area is 115 Å². The smallest absolute Gasteiger partial charge is 0.307 e. The van der Waals surface area contributed by atoms with Crippen molar-refractivity contribution in [2.24, 2.45) is 11.8 Å². The quantitative estimate of drug-likeness (QED) is 0.757. The minimum absolute atomic E-state index is 0.317. The highest BCUT2D eigenvalue weighted by Gasteiger charge is 2.18. The third-order valence-corrected chi connectivity index (χ3v) is 3.07. The molecule has 2 N–H and O–H groups in total. The SMILES string of the molecule is CCc1ccc(CNCC(CC(C)C)C(=O)O)cn1. The molecule has 0 amide bonds. The molecule has 19 heavy (non-hydrogen) atoms. The van der Waals surface area contributed by atoms with Crippen LogP contribution in [0, 0.1) is 11.8 Å². The van der Waals surface area contributed by atoms with Gasteiger partial charge in [0, 0.05) is 25.0 Å². The molecule has 0 radical (unpaired) electrons. The molecule has 1 aromatic heterocycles. The predicted molar refractivity (Wildman–Crippen MR) is 75.9 cm³/mol. The Hall–Kier alpha value is -1.42. The summed E-state index contributed by atoms with van der Waals surface area (Å²) < 4.78 is 0. The second-order valence-electron chi connectivity index (χ2n) is 5.31. The summed E-state index contributed by atoms with van der Waals surface area (Å²) in [6.45, 7) is 7.33. The van der Waals surface area contributed by atoms with Crippen LogP contribution in [-0.2, 0) is 17.8 Å². The fourth-order valence-electron chi connectivity index (χ4n) is 2.00. The highest BCUT2D eigenvalue weighted by Crippen LogP contribution is 2.11. The summed E-state index contributed by atoms with van der Waals surface area (Å²) in [5.74, 6) is -0.642. The maximum Gasteiger partial charge on any atom is 0.307 e. The normalized spacial score (nSPS) is 12.6. The minimum atomic E-state index is -0.722. The van der Waals surface area contributed by atoms with Crippen molar-refractivity contribution in [2.45, 2.75) is 40.2 Å². The third-order valence-electron chi connectivity index (χ3n) is 3.07. The number of hydrogen-bond donors (Lipinski definition) is 2. The Morgan fingerprint density at radius 3 is 2.63 bits per heavy atom. The lowest BCUT2D eigenvalue weighted by molar-refractivity contribution is -0.142. The number of carbonyl (C=O) groups is 1. The summed E-state index contributed by atoms with van der Waals surface area (Å²) in [7, 11) is 0. The number of aromatic nitrogens is 1. The number of aliphatic carboxylic acids is 1. The molecule has 0 aliphatic carbocycles. The summed E-state index contributed by atoms with van der Waals surface area (Å²) in [4.78, 5) is 15.4. The zero-order valence-corrected chi connectivity index (χ0v) is 12.0. The number of carboxylic acid groups (broad SMARTS) is 1. The van der Waals surface area contributed by atoms with Crippen LogP contribution in [0.2, 0.25) is 0 Å². The van der Waals surface area contributed by atoms with Gasteiger partial charge in [-0.25, -0.2) is 0 Å². The van der Waals surface area contributed by atoms with Crippen LogP contribution in [0.5, 0.6) is 0 Å². The van der Waals surface area contributed by atoms with Gasteiger partial charge in [0.1, 0.15) is 0 Å². The van der Waals surface area contributed by atoms with Gasteiger partial charge in [-0.15, -0.1) is 0 Å². The van der Waals surface area contributed by atoms with Crippen LogP contribution in [0.4, 0.5) is 0 Å². The maximum atomic E-state index is 11.1. The molecule has 0 aliphatic heterocycles. The second kappa shape index (κ2) is 7.89. The van der Waals surface area contributed by atoms with E-state index in [-0.39, 0.29) is 5.92 Å². The Kier molecular flexibility index (Phi) is 6.50. The summed E-state index contributed by atoms with van der Waals surface area (Å²) >= 11 is 0. The monoisotopic (exact) mass is 264 g/mol. The van der Waals surface area contributed by atoms with Gasteiger partial charge in [-0.3, -0.25) is 9.78 Å². The fraction of sp³-hybridized carbons (Fsp3) is 0.600. The van der Waals surface area contributed by atoms with Crippen molar-refractivity contribution in [3.05, 3.63) is 29.6 Å². The molecular formula is C15H24N2O2. The van der Waals surface area contributed by atoms with E-state index < -0.39 is 5.97 Å². The molecule has 0 aliphatic rings. The molecule has 1 aromatic rings. The zero-order chi connectivity index (χ0) is 14.3. The number of hydrogen-bond acceptors (Lipinski definition) is 3. The number of aryl methyl sites for hydroxylation is 1. The predicted octanol–water partition coefficient (Wildman–Crippen LogP) is 2.48. The van der Waals surface area contributed by atoms with Crippen LogP contribution in [0.25, 0.3) is 0 Å². The maximum absolute atomic E-state index is 11.1. The first-order valence-corrected chi connectivity index (χ1v) is 6.90. The molecular weight excluding hydrogens is 240 g/mol. The molecule has 0 spiro atoms. The standard InChI is InChI=1S/C15H24N2O2/c1-4-14-6-5-12(9-17-14)8-16-10-13(15(18)19)7-11(2)3/h5-6,9,11,13,16H,4,7-8,10H2,1-3H3,(H,18,19). The van der Waals surface area contributed by atoms with Gasteiger partial charge >= 0.3 is 5.97 Å². The second-order valence-corrected chi connectivity index (χ2v) is 5.31. The molecule has 4 heteroatoms. The van der Waals surface area contributed by atoms with Crippen LogP contribution in [0.15, 0.2) is 18.3 Å². The van der Waals surface area contributed by atoms with Gasteiger partial charge in [0.05, 0.1) is 5.92 Å². The van der Waals surface area contributed by atoms with Gasteiger partial charge in [0.2, 0.25) is 0 Å². The van der Waals surface area contributed by atoms with Gasteiger partial charge in [-0.2, -0.15) is 0 Å². The minimum Gasteiger partial charge on any atom is -0.481 e. The van der Waals surface area contributed by atoms with Crippen molar-refractivity contribution < 1.29 is 9.90 Å². The van der Waals surface area contributed by atoms with Gasteiger partial charge in [-0.1, -0.05) is 26.8 Å². The topological polar surface area (TPSA) is 62.2 Å². The highest BCUT2D eigenvalue weighted by atomic mass is 16.4. The van der Waals surface area contributed by atoms with Gasteiger partial charge in [0.15, 0.2) is 0 Å². The van der Waals surface area contributed by atoms with E-state index in [4.69, 9.17) is 5.11 Å². The van der Waals surface area contributed by atoms with E-state index in [9.17, 15) is 4.79 Å². The van der Waals surface area contributed by atoms with E-state index in [1.807, 2.05) is 32.2 Å². The van der Waals surface area contributed by atoms with Crippen molar-refractivity contribution in [3.63, 3.8) is 0 Å². The summed E-state index contributed by atoms with van der Waals surface area (Å²) in [6.07, 6.45) is 3.49. The van der Waals surface area contributed by atoms with Crippen LogP contribution < -0.4 is 5.32 Å². The lowest BCUT2D eigenvalue weighted by Crippen LogP contribution is -2.29. The van der Waals surface area contributed by atoms with Crippen LogP contribution in [-0.4, -0.2) is 22.6 Å². The average Bonchev–Trinajstić information content (AvgIpc) is 2.37. The number of pyridine rings is 1. The molecule has 106 valence electrons. The molecule has 4 nitrogen and oxygen atoms in total. The number of rotatable bonds is 8. The first-order valence-electron chi connectivity index (χ1n) is 6.90. The van der Waals surface area contributed by atoms with Gasteiger partial charge in [-0.05, 0) is 30.4 Å². The fourth-order valence-corrected chi connectivity index (χ4v) is 2.00. The molecule has 0 saturated heterocycles. The highest BCUT2D eigenvalue weighted by molar-refractivity contribution is 5.70. The van der Waals surface area contributed by atoms with E-state index in [1.54, 1.807) is 0 Å². The van der Waals surface area contributed by atoms with E-state index in [0.717, 1.165) is 17.7 Å². The van der Waals surface area contributed by atoms with Crippen LogP contribution >= 0.6 is 0 Å². The van der Waals surface area contributed by atoms with E-state index in [0.29, 0.717) is 25.4 Å². The molecule has 1 rings (SSSR count). The number of nitrogens with one attached hydrogen (secondary N) is 1. The van der Waals surface area contributed by atoms with Crippen LogP contribution in [0.3, 0.4) is 0 Å². The Balaban J connectivity index is 2.40. The molecule has 1 unspecified atom stereocenters. The Bertz CT molecular complexity index is 388. The molecule has 0 aromatic carbocycles. The summed E-state index contributed by atoms with van der Waals surface area (Å²) in [5, 5.41) is 12.3. The first kappa shape index (κ1) is 15.6. The van der Waals surface area contributed by atoms with Crippen molar-refractivity contribution in [2.75, 3.05) is 6.54 Å². The van der Waals surface area contributed by atoms with Crippen molar-refractivity contribution in [3.8, 4) is 0 Å². The zero-order valence-electron chi connectivity index (χ0n) is 12.0. The van der Waals surface area contributed by atoms with Gasteiger partial charge in [0.25, 0.3) is 0 Å². The molecule has 1 atom stereocenters. The van der Waals surface area contributed by atoms with E-state index >= 15 is 0 Å². The third kappa shape index (κ3) is 5.83. The summed E-state index contributed by atoms with van der Waals surface area (Å²) in [5.41, 5.74) is 2.16. The number of nitrogens with zero attached hydrogens (tertiary/aromatic N) is 1. The van der Waals surface area contributed by atoms with Crippen molar-refractivity contribution in [1.29, 1.82) is 0 Å². The van der Waals surface area contributed by atoms with Crippen LogP contribution in [0.1, 0.15) is 38.4 Å². The Morgan fingerprint density at radius 1 is 1.42 bits per heavy atom. The largest absolute Gasteiger partial charge is 0.481 e. The average molecular weight is 264 g/mol. The molecule has 0 saturated carbocycles. The lowest BCUT2D eigenvalue weighted by Gasteiger charge is -2.15. The van der Waals surface area contributed by atoms with Crippen molar-refractivity contribution >= 4 is 5.97 Å². The lowest BCUT2D eigenvalue weighted by atomic mass is 9.97. The molecule has 1 heterocycles. The molecule has 0 fully saturated rings. The Morgan fingerprint density at radius 2 is 2.16 bits per heavy atom. The first-order chi connectivity index (χ1) is 9.02. The summed E-state index contributed by atoms with van der Waals surface area (Å²) in [6, 6.07) is 4.05. The number of carboxylic acids is 1.